The minimum absolute atomic E-state index is 0.0252. The molecular formula is C14H13N3O3S. The number of aryl methyl sites for hydroxylation is 1. The first kappa shape index (κ1) is 13.4. The van der Waals surface area contributed by atoms with E-state index >= 15 is 0 Å². The van der Waals surface area contributed by atoms with Gasteiger partial charge in [0, 0.05) is 4.88 Å². The van der Waals surface area contributed by atoms with Crippen molar-refractivity contribution in [2.45, 2.75) is 13.5 Å². The summed E-state index contributed by atoms with van der Waals surface area (Å²) in [7, 11) is 0. The standard InChI is InChI=1S/C14H13N3O3S/c1-8-4-5-10(19-8)12-11(13(15)20-17-12)14(18)16-7-9-3-2-6-21-9/h2-6H,7,15H2,1H3,(H,16,18). The van der Waals surface area contributed by atoms with Crippen LogP contribution < -0.4 is 11.1 Å². The van der Waals surface area contributed by atoms with Crippen molar-refractivity contribution in [2.24, 2.45) is 0 Å². The van der Waals surface area contributed by atoms with E-state index in [9.17, 15) is 4.79 Å². The lowest BCUT2D eigenvalue weighted by Gasteiger charge is -2.03. The maximum atomic E-state index is 12.3. The average molecular weight is 303 g/mol. The van der Waals surface area contributed by atoms with Gasteiger partial charge in [-0.2, -0.15) is 0 Å². The molecule has 0 radical (unpaired) electrons. The molecule has 3 heterocycles. The normalized spacial score (nSPS) is 10.7. The molecule has 1 amide bonds. The Morgan fingerprint density at radius 2 is 2.29 bits per heavy atom. The van der Waals surface area contributed by atoms with E-state index in [0.29, 0.717) is 18.0 Å². The van der Waals surface area contributed by atoms with Crippen molar-refractivity contribution in [1.29, 1.82) is 0 Å². The molecule has 0 fully saturated rings. The number of anilines is 1. The van der Waals surface area contributed by atoms with Crippen LogP contribution in [-0.2, 0) is 6.54 Å². The van der Waals surface area contributed by atoms with Crippen molar-refractivity contribution in [3.63, 3.8) is 0 Å². The molecule has 0 aliphatic carbocycles. The largest absolute Gasteiger partial charge is 0.460 e. The van der Waals surface area contributed by atoms with Crippen LogP contribution in [0.3, 0.4) is 0 Å². The van der Waals surface area contributed by atoms with Crippen LogP contribution in [0.4, 0.5) is 5.88 Å². The lowest BCUT2D eigenvalue weighted by Crippen LogP contribution is -2.23. The van der Waals surface area contributed by atoms with Crippen LogP contribution in [0.5, 0.6) is 0 Å². The van der Waals surface area contributed by atoms with Gasteiger partial charge in [-0.1, -0.05) is 11.2 Å². The molecule has 0 bridgehead atoms. The fourth-order valence-electron chi connectivity index (χ4n) is 1.92. The minimum Gasteiger partial charge on any atom is -0.460 e. The Kier molecular flexibility index (Phi) is 3.49. The first-order valence-electron chi connectivity index (χ1n) is 6.27. The third-order valence-electron chi connectivity index (χ3n) is 2.92. The Hall–Kier alpha value is -2.54. The second-order valence-corrected chi connectivity index (χ2v) is 5.48. The number of carbonyl (C=O) groups excluding carboxylic acids is 1. The third kappa shape index (κ3) is 2.68. The average Bonchev–Trinajstić information content (AvgIpc) is 3.17. The van der Waals surface area contributed by atoms with Gasteiger partial charge in [-0.3, -0.25) is 4.79 Å². The maximum absolute atomic E-state index is 12.3. The van der Waals surface area contributed by atoms with Gasteiger partial charge in [-0.15, -0.1) is 11.3 Å². The molecule has 0 aliphatic rings. The van der Waals surface area contributed by atoms with Crippen molar-refractivity contribution in [1.82, 2.24) is 10.5 Å². The summed E-state index contributed by atoms with van der Waals surface area (Å²) in [5.41, 5.74) is 6.21. The minimum atomic E-state index is -0.341. The Morgan fingerprint density at radius 1 is 1.43 bits per heavy atom. The van der Waals surface area contributed by atoms with Gasteiger partial charge < -0.3 is 20.0 Å². The number of carbonyl (C=O) groups is 1. The molecular weight excluding hydrogens is 290 g/mol. The molecule has 0 aromatic carbocycles. The number of nitrogens with zero attached hydrogens (tertiary/aromatic N) is 1. The van der Waals surface area contributed by atoms with E-state index in [4.69, 9.17) is 14.7 Å². The summed E-state index contributed by atoms with van der Waals surface area (Å²) in [4.78, 5) is 13.3. The lowest BCUT2D eigenvalue weighted by molar-refractivity contribution is 0.0952. The fourth-order valence-corrected chi connectivity index (χ4v) is 2.57. The molecule has 0 spiro atoms. The van der Waals surface area contributed by atoms with Crippen molar-refractivity contribution >= 4 is 23.1 Å². The van der Waals surface area contributed by atoms with E-state index < -0.39 is 0 Å². The van der Waals surface area contributed by atoms with E-state index in [1.807, 2.05) is 24.4 Å². The molecule has 3 N–H and O–H groups in total. The van der Waals surface area contributed by atoms with Crippen LogP contribution in [0.2, 0.25) is 0 Å². The predicted molar refractivity (Wildman–Crippen MR) is 78.8 cm³/mol. The first-order chi connectivity index (χ1) is 10.1. The fraction of sp³-hybridized carbons (Fsp3) is 0.143. The highest BCUT2D eigenvalue weighted by molar-refractivity contribution is 7.09. The van der Waals surface area contributed by atoms with Gasteiger partial charge in [0.1, 0.15) is 11.3 Å². The van der Waals surface area contributed by atoms with E-state index in [0.717, 1.165) is 10.6 Å². The molecule has 0 saturated heterocycles. The summed E-state index contributed by atoms with van der Waals surface area (Å²) < 4.78 is 10.4. The molecule has 6 nitrogen and oxygen atoms in total. The van der Waals surface area contributed by atoms with Crippen LogP contribution in [-0.4, -0.2) is 11.1 Å². The topological polar surface area (TPSA) is 94.3 Å². The van der Waals surface area contributed by atoms with E-state index in [1.54, 1.807) is 23.5 Å². The van der Waals surface area contributed by atoms with Crippen LogP contribution in [0.25, 0.3) is 11.5 Å². The van der Waals surface area contributed by atoms with Gasteiger partial charge in [-0.25, -0.2) is 0 Å². The van der Waals surface area contributed by atoms with Crippen molar-refractivity contribution in [3.05, 3.63) is 45.8 Å². The molecule has 0 saturated carbocycles. The Balaban J connectivity index is 1.84. The van der Waals surface area contributed by atoms with Crippen LogP contribution in [0.1, 0.15) is 21.0 Å². The van der Waals surface area contributed by atoms with Crippen molar-refractivity contribution < 1.29 is 13.7 Å². The molecule has 3 aromatic heterocycles. The summed E-state index contributed by atoms with van der Waals surface area (Å²) in [6, 6.07) is 7.38. The van der Waals surface area contributed by atoms with Gasteiger partial charge in [-0.05, 0) is 30.5 Å². The SMILES string of the molecule is Cc1ccc(-c2noc(N)c2C(=O)NCc2cccs2)o1. The van der Waals surface area contributed by atoms with Gasteiger partial charge in [0.25, 0.3) is 5.91 Å². The smallest absolute Gasteiger partial charge is 0.259 e. The molecule has 7 heteroatoms. The van der Waals surface area contributed by atoms with E-state index in [-0.39, 0.29) is 17.4 Å². The van der Waals surface area contributed by atoms with Crippen LogP contribution in [0.15, 0.2) is 38.6 Å². The van der Waals surface area contributed by atoms with Crippen molar-refractivity contribution in [2.75, 3.05) is 5.73 Å². The Labute approximate surface area is 124 Å². The summed E-state index contributed by atoms with van der Waals surface area (Å²) >= 11 is 1.57. The van der Waals surface area contributed by atoms with Gasteiger partial charge in [0.05, 0.1) is 6.54 Å². The summed E-state index contributed by atoms with van der Waals surface area (Å²) in [5.74, 6) is 0.805. The second-order valence-electron chi connectivity index (χ2n) is 4.44. The molecule has 21 heavy (non-hydrogen) atoms. The number of furan rings is 1. The third-order valence-corrected chi connectivity index (χ3v) is 3.80. The Morgan fingerprint density at radius 3 is 2.95 bits per heavy atom. The number of hydrogen-bond acceptors (Lipinski definition) is 6. The zero-order valence-electron chi connectivity index (χ0n) is 11.3. The molecule has 108 valence electrons. The van der Waals surface area contributed by atoms with E-state index in [1.165, 1.54) is 0 Å². The molecule has 0 unspecified atom stereocenters. The number of amides is 1. The highest BCUT2D eigenvalue weighted by Gasteiger charge is 2.24. The summed E-state index contributed by atoms with van der Waals surface area (Å²) in [6.07, 6.45) is 0. The quantitative estimate of drug-likeness (QED) is 0.773. The predicted octanol–water partition coefficient (Wildman–Crippen LogP) is 2.82. The number of nitrogens with one attached hydrogen (secondary N) is 1. The first-order valence-corrected chi connectivity index (χ1v) is 7.15. The number of aromatic nitrogens is 1. The highest BCUT2D eigenvalue weighted by Crippen LogP contribution is 2.28. The van der Waals surface area contributed by atoms with Crippen LogP contribution in [0, 0.1) is 6.92 Å². The zero-order valence-corrected chi connectivity index (χ0v) is 12.1. The molecule has 0 atom stereocenters. The molecule has 3 rings (SSSR count). The Bertz CT molecular complexity index is 758. The second kappa shape index (κ2) is 5.45. The summed E-state index contributed by atoms with van der Waals surface area (Å²) in [5, 5.41) is 8.56. The van der Waals surface area contributed by atoms with Gasteiger partial charge in [0.15, 0.2) is 11.5 Å². The number of nitrogen functional groups attached to an aromatic ring is 1. The van der Waals surface area contributed by atoms with Gasteiger partial charge in [0.2, 0.25) is 5.88 Å². The molecule has 3 aromatic rings. The van der Waals surface area contributed by atoms with Gasteiger partial charge >= 0.3 is 0 Å². The lowest BCUT2D eigenvalue weighted by atomic mass is 10.2. The highest BCUT2D eigenvalue weighted by atomic mass is 32.1. The zero-order chi connectivity index (χ0) is 14.8. The number of hydrogen-bond donors (Lipinski definition) is 2. The number of rotatable bonds is 4. The van der Waals surface area contributed by atoms with Crippen molar-refractivity contribution in [3.8, 4) is 11.5 Å². The summed E-state index contributed by atoms with van der Waals surface area (Å²) in [6.45, 7) is 2.24. The molecule has 0 aliphatic heterocycles. The maximum Gasteiger partial charge on any atom is 0.259 e. The number of thiophene rings is 1. The van der Waals surface area contributed by atoms with Crippen LogP contribution >= 0.6 is 11.3 Å². The van der Waals surface area contributed by atoms with E-state index in [2.05, 4.69) is 10.5 Å². The monoisotopic (exact) mass is 303 g/mol. The number of nitrogens with two attached hydrogens (primary N) is 1.